The molecule has 0 aromatic rings. The molecule has 0 radical (unpaired) electrons. The summed E-state index contributed by atoms with van der Waals surface area (Å²) in [5.41, 5.74) is 0. The van der Waals surface area contributed by atoms with Crippen LogP contribution in [0.5, 0.6) is 0 Å². The first kappa shape index (κ1) is 21.4. The molecule has 4 N–H and O–H groups in total. The molecule has 0 aromatic carbocycles. The summed E-state index contributed by atoms with van der Waals surface area (Å²) in [4.78, 5) is 10.4. The Morgan fingerprint density at radius 3 is 1.57 bits per heavy atom. The molecule has 0 amide bonds. The van der Waals surface area contributed by atoms with Crippen LogP contribution in [0.15, 0.2) is 23.4 Å². The van der Waals surface area contributed by atoms with E-state index in [0.29, 0.717) is 6.42 Å². The minimum atomic E-state index is -1.67. The zero-order chi connectivity index (χ0) is 17.5. The van der Waals surface area contributed by atoms with Gasteiger partial charge in [-0.2, -0.15) is 0 Å². The molecule has 0 heterocycles. The van der Waals surface area contributed by atoms with Gasteiger partial charge in [0.1, 0.15) is 0 Å². The predicted octanol–water partition coefficient (Wildman–Crippen LogP) is 5.54. The summed E-state index contributed by atoms with van der Waals surface area (Å²) in [6, 6.07) is 0. The third kappa shape index (κ3) is 11.6. The molecular formula is C18H32O5. The van der Waals surface area contributed by atoms with E-state index in [1.807, 2.05) is 0 Å². The smallest absolute Gasteiger partial charge is 0.375 e. The lowest BCUT2D eigenvalue weighted by molar-refractivity contribution is -0.135. The van der Waals surface area contributed by atoms with Crippen LogP contribution in [0.25, 0.3) is 0 Å². The maximum Gasteiger partial charge on any atom is 0.375 e. The quantitative estimate of drug-likeness (QED) is 0.145. The normalized spacial score (nSPS) is 13.0. The maximum atomic E-state index is 10.4. The third-order valence-corrected chi connectivity index (χ3v) is 3.81. The van der Waals surface area contributed by atoms with Gasteiger partial charge in [0.05, 0.1) is 0 Å². The number of carboxylic acid groups (broad SMARTS) is 1. The second-order valence-corrected chi connectivity index (χ2v) is 5.92. The first-order chi connectivity index (χ1) is 11.0. The molecule has 0 saturated carbocycles. The summed E-state index contributed by atoms with van der Waals surface area (Å²) in [6.45, 7) is 2.22. The molecule has 5 nitrogen and oxygen atoms in total. The van der Waals surface area contributed by atoms with Crippen LogP contribution in [0, 0.1) is 0 Å². The molecule has 0 aliphatic carbocycles. The van der Waals surface area contributed by atoms with E-state index in [-0.39, 0.29) is 0 Å². The first-order valence-corrected chi connectivity index (χ1v) is 8.75. The predicted molar refractivity (Wildman–Crippen MR) is 91.7 cm³/mol. The van der Waals surface area contributed by atoms with E-state index in [9.17, 15) is 15.0 Å². The number of hydrogen-bond donors (Lipinski definition) is 4. The average Bonchev–Trinajstić information content (AvgIpc) is 2.54. The Balaban J connectivity index is 3.60. The number of carboxylic acids is 1. The highest BCUT2D eigenvalue weighted by atomic mass is 16.4. The van der Waals surface area contributed by atoms with Crippen molar-refractivity contribution < 1.29 is 25.2 Å². The summed E-state index contributed by atoms with van der Waals surface area (Å²) in [5, 5.41) is 36.1. The molecule has 0 fully saturated rings. The minimum Gasteiger partial charge on any atom is -0.504 e. The van der Waals surface area contributed by atoms with Crippen molar-refractivity contribution in [2.24, 2.45) is 0 Å². The Labute approximate surface area is 139 Å². The number of aliphatic carboxylic acids is 1. The van der Waals surface area contributed by atoms with Gasteiger partial charge in [0.25, 0.3) is 0 Å². The number of allylic oxidation sites excluding steroid dienone is 1. The summed E-state index contributed by atoms with van der Waals surface area (Å²) in [6.07, 6.45) is 15.4. The summed E-state index contributed by atoms with van der Waals surface area (Å²) in [5.74, 6) is -4.48. The maximum absolute atomic E-state index is 10.4. The first-order valence-electron chi connectivity index (χ1n) is 8.75. The highest BCUT2D eigenvalue weighted by Crippen LogP contribution is 2.13. The molecule has 0 spiro atoms. The van der Waals surface area contributed by atoms with Gasteiger partial charge in [0.2, 0.25) is 11.5 Å². The number of rotatable bonds is 14. The van der Waals surface area contributed by atoms with Crippen molar-refractivity contribution in [3.8, 4) is 0 Å². The van der Waals surface area contributed by atoms with E-state index in [2.05, 4.69) is 6.92 Å². The van der Waals surface area contributed by atoms with Crippen LogP contribution in [-0.2, 0) is 4.79 Å². The lowest BCUT2D eigenvalue weighted by atomic mass is 10.1. The van der Waals surface area contributed by atoms with Gasteiger partial charge < -0.3 is 20.4 Å². The molecule has 23 heavy (non-hydrogen) atoms. The van der Waals surface area contributed by atoms with Gasteiger partial charge in [-0.1, -0.05) is 71.1 Å². The molecule has 5 heteroatoms. The van der Waals surface area contributed by atoms with Gasteiger partial charge in [0, 0.05) is 0 Å². The van der Waals surface area contributed by atoms with E-state index in [1.54, 1.807) is 0 Å². The lowest BCUT2D eigenvalue weighted by Gasteiger charge is -2.02. The average molecular weight is 328 g/mol. The van der Waals surface area contributed by atoms with E-state index in [4.69, 9.17) is 10.2 Å². The molecule has 0 rings (SSSR count). The Hall–Kier alpha value is -1.65. The zero-order valence-corrected chi connectivity index (χ0v) is 14.3. The molecule has 0 unspecified atom stereocenters. The molecule has 0 aromatic heterocycles. The van der Waals surface area contributed by atoms with Crippen molar-refractivity contribution in [1.29, 1.82) is 0 Å². The van der Waals surface area contributed by atoms with Gasteiger partial charge >= 0.3 is 5.97 Å². The van der Waals surface area contributed by atoms with E-state index in [0.717, 1.165) is 19.3 Å². The monoisotopic (exact) mass is 328 g/mol. The van der Waals surface area contributed by atoms with Crippen molar-refractivity contribution >= 4 is 5.97 Å². The fraction of sp³-hybridized carbons (Fsp3) is 0.722. The molecule has 0 saturated heterocycles. The van der Waals surface area contributed by atoms with Crippen LogP contribution in [0.1, 0.15) is 84.0 Å². The minimum absolute atomic E-state index is 0.541. The second-order valence-electron chi connectivity index (χ2n) is 5.92. The fourth-order valence-electron chi connectivity index (χ4n) is 2.37. The van der Waals surface area contributed by atoms with Crippen LogP contribution >= 0.6 is 0 Å². The van der Waals surface area contributed by atoms with Gasteiger partial charge in [-0.25, -0.2) is 4.79 Å². The van der Waals surface area contributed by atoms with Crippen LogP contribution in [0.3, 0.4) is 0 Å². The lowest BCUT2D eigenvalue weighted by Crippen LogP contribution is -2.05. The number of carbonyl (C=O) groups is 1. The van der Waals surface area contributed by atoms with E-state index >= 15 is 0 Å². The Morgan fingerprint density at radius 1 is 0.696 bits per heavy atom. The third-order valence-electron chi connectivity index (χ3n) is 3.81. The Bertz CT molecular complexity index is 385. The van der Waals surface area contributed by atoms with Gasteiger partial charge in [-0.3, -0.25) is 0 Å². The summed E-state index contributed by atoms with van der Waals surface area (Å²) < 4.78 is 0. The largest absolute Gasteiger partial charge is 0.504 e. The van der Waals surface area contributed by atoms with Crippen molar-refractivity contribution in [3.05, 3.63) is 23.4 Å². The van der Waals surface area contributed by atoms with Crippen molar-refractivity contribution in [1.82, 2.24) is 0 Å². The molecule has 0 bridgehead atoms. The molecule has 0 aliphatic heterocycles. The number of aliphatic hydroxyl groups excluding tert-OH is 3. The number of unbranched alkanes of at least 4 members (excludes halogenated alkanes) is 11. The SMILES string of the molecule is CCCCCCCCCCCCCC=C(O)C(O)=C(O)C(=O)O. The highest BCUT2D eigenvalue weighted by Gasteiger charge is 2.14. The molecule has 0 atom stereocenters. The number of aliphatic hydroxyl groups is 3. The Kier molecular flexibility index (Phi) is 13.0. The van der Waals surface area contributed by atoms with Crippen molar-refractivity contribution in [2.75, 3.05) is 0 Å². The van der Waals surface area contributed by atoms with Crippen LogP contribution in [-0.4, -0.2) is 26.4 Å². The highest BCUT2D eigenvalue weighted by molar-refractivity contribution is 5.84. The molecule has 0 aliphatic rings. The number of hydrogen-bond acceptors (Lipinski definition) is 4. The van der Waals surface area contributed by atoms with Gasteiger partial charge in [-0.05, 0) is 18.9 Å². The van der Waals surface area contributed by atoms with Gasteiger partial charge in [0.15, 0.2) is 5.76 Å². The van der Waals surface area contributed by atoms with E-state index in [1.165, 1.54) is 57.4 Å². The van der Waals surface area contributed by atoms with E-state index < -0.39 is 23.2 Å². The zero-order valence-electron chi connectivity index (χ0n) is 14.3. The fourth-order valence-corrected chi connectivity index (χ4v) is 2.37. The van der Waals surface area contributed by atoms with Crippen LogP contribution in [0.4, 0.5) is 0 Å². The standard InChI is InChI=1S/C18H32O5/c1-2-3-4-5-6-7-8-9-10-11-12-13-14-15(19)16(20)17(21)18(22)23/h14,19-21H,2-13H2,1H3,(H,22,23). The Morgan fingerprint density at radius 2 is 1.13 bits per heavy atom. The molecule has 134 valence electrons. The van der Waals surface area contributed by atoms with Gasteiger partial charge in [-0.15, -0.1) is 0 Å². The topological polar surface area (TPSA) is 98.0 Å². The van der Waals surface area contributed by atoms with Crippen LogP contribution in [0.2, 0.25) is 0 Å². The second kappa shape index (κ2) is 14.0. The van der Waals surface area contributed by atoms with Crippen molar-refractivity contribution in [3.63, 3.8) is 0 Å². The van der Waals surface area contributed by atoms with Crippen molar-refractivity contribution in [2.45, 2.75) is 84.0 Å². The molecular weight excluding hydrogens is 296 g/mol. The summed E-state index contributed by atoms with van der Waals surface area (Å²) in [7, 11) is 0. The summed E-state index contributed by atoms with van der Waals surface area (Å²) >= 11 is 0. The van der Waals surface area contributed by atoms with Crippen LogP contribution < -0.4 is 0 Å².